The van der Waals surface area contributed by atoms with Gasteiger partial charge in [0.25, 0.3) is 0 Å². The van der Waals surface area contributed by atoms with Gasteiger partial charge in [0.2, 0.25) is 0 Å². The maximum atomic E-state index is 11.9. The zero-order valence-electron chi connectivity index (χ0n) is 13.0. The van der Waals surface area contributed by atoms with Crippen molar-refractivity contribution in [1.29, 1.82) is 0 Å². The minimum absolute atomic E-state index is 0.208. The highest BCUT2D eigenvalue weighted by molar-refractivity contribution is 5.79. The van der Waals surface area contributed by atoms with Gasteiger partial charge in [-0.05, 0) is 32.1 Å². The number of carboxylic acids is 1. The molecule has 0 aliphatic rings. The summed E-state index contributed by atoms with van der Waals surface area (Å²) in [7, 11) is 0. The molecule has 1 N–H and O–H groups in total. The fourth-order valence-electron chi connectivity index (χ4n) is 1.83. The number of carboxylic acid groups (broad SMARTS) is 1. The first-order valence-electron chi connectivity index (χ1n) is 7.45. The molecular weight excluding hydrogens is 288 g/mol. The zero-order valence-corrected chi connectivity index (χ0v) is 13.0. The molecule has 0 fully saturated rings. The largest absolute Gasteiger partial charge is 0.502 e. The lowest BCUT2D eigenvalue weighted by molar-refractivity contribution is -0.153. The molecule has 0 aliphatic carbocycles. The highest BCUT2D eigenvalue weighted by atomic mass is 16.5. The number of carbonyl (C=O) groups is 2. The SMILES string of the molecule is C=COCCCCOC(=O)C(CCCCOC=C)CC(=O)O. The minimum Gasteiger partial charge on any atom is -0.502 e. The summed E-state index contributed by atoms with van der Waals surface area (Å²) in [6, 6.07) is 0. The van der Waals surface area contributed by atoms with Gasteiger partial charge in [0.1, 0.15) is 0 Å². The van der Waals surface area contributed by atoms with E-state index < -0.39 is 17.9 Å². The van der Waals surface area contributed by atoms with Crippen LogP contribution in [-0.4, -0.2) is 36.9 Å². The van der Waals surface area contributed by atoms with Crippen molar-refractivity contribution in [2.45, 2.75) is 38.5 Å². The van der Waals surface area contributed by atoms with Gasteiger partial charge in [0.15, 0.2) is 0 Å². The van der Waals surface area contributed by atoms with Crippen molar-refractivity contribution in [2.24, 2.45) is 5.92 Å². The maximum Gasteiger partial charge on any atom is 0.309 e. The van der Waals surface area contributed by atoms with E-state index in [1.54, 1.807) is 0 Å². The average molecular weight is 314 g/mol. The molecular formula is C16H26O6. The predicted octanol–water partition coefficient (Wildman–Crippen LogP) is 2.89. The molecule has 0 amide bonds. The van der Waals surface area contributed by atoms with E-state index in [-0.39, 0.29) is 13.0 Å². The Hall–Kier alpha value is -1.98. The lowest BCUT2D eigenvalue weighted by atomic mass is 9.98. The van der Waals surface area contributed by atoms with Crippen LogP contribution in [0.2, 0.25) is 0 Å². The van der Waals surface area contributed by atoms with Crippen LogP contribution in [0.5, 0.6) is 0 Å². The van der Waals surface area contributed by atoms with Crippen LogP contribution < -0.4 is 0 Å². The van der Waals surface area contributed by atoms with Gasteiger partial charge in [-0.15, -0.1) is 0 Å². The minimum atomic E-state index is -0.997. The molecule has 6 heteroatoms. The number of hydrogen-bond acceptors (Lipinski definition) is 5. The maximum absolute atomic E-state index is 11.9. The second kappa shape index (κ2) is 14.0. The van der Waals surface area contributed by atoms with Crippen LogP contribution in [0.4, 0.5) is 0 Å². The van der Waals surface area contributed by atoms with Gasteiger partial charge >= 0.3 is 11.9 Å². The molecule has 0 saturated carbocycles. The van der Waals surface area contributed by atoms with Crippen LogP contribution in [0, 0.1) is 5.92 Å². The Morgan fingerprint density at radius 2 is 1.50 bits per heavy atom. The van der Waals surface area contributed by atoms with Crippen LogP contribution in [-0.2, 0) is 23.8 Å². The second-order valence-corrected chi connectivity index (χ2v) is 4.74. The number of unbranched alkanes of at least 4 members (excludes halogenated alkanes) is 2. The van der Waals surface area contributed by atoms with Crippen LogP contribution in [0.15, 0.2) is 25.7 Å². The molecule has 1 unspecified atom stereocenters. The Morgan fingerprint density at radius 1 is 0.955 bits per heavy atom. The standard InChI is InChI=1S/C16H26O6/c1-3-20-10-6-5-9-14(13-15(17)18)16(19)22-12-8-7-11-21-4-2/h3-4,14H,1-2,5-13H2,(H,17,18). The molecule has 1 atom stereocenters. The van der Waals surface area contributed by atoms with Crippen molar-refractivity contribution in [3.05, 3.63) is 25.7 Å². The molecule has 0 aromatic rings. The number of esters is 1. The predicted molar refractivity (Wildman–Crippen MR) is 82.1 cm³/mol. The van der Waals surface area contributed by atoms with Crippen molar-refractivity contribution in [2.75, 3.05) is 19.8 Å². The summed E-state index contributed by atoms with van der Waals surface area (Å²) in [5.74, 6) is -2.05. The molecule has 126 valence electrons. The molecule has 0 aromatic heterocycles. The third kappa shape index (κ3) is 11.8. The first-order valence-corrected chi connectivity index (χ1v) is 7.45. The van der Waals surface area contributed by atoms with Crippen LogP contribution in [0.3, 0.4) is 0 Å². The van der Waals surface area contributed by atoms with E-state index in [0.717, 1.165) is 12.8 Å². The molecule has 0 rings (SSSR count). The lowest BCUT2D eigenvalue weighted by Gasteiger charge is -2.14. The fraction of sp³-hybridized carbons (Fsp3) is 0.625. The summed E-state index contributed by atoms with van der Waals surface area (Å²) in [6.07, 6.45) is 5.87. The Morgan fingerprint density at radius 3 is 2.05 bits per heavy atom. The lowest BCUT2D eigenvalue weighted by Crippen LogP contribution is -2.21. The number of rotatable bonds is 15. The van der Waals surface area contributed by atoms with E-state index in [1.807, 2.05) is 0 Å². The van der Waals surface area contributed by atoms with Gasteiger partial charge < -0.3 is 19.3 Å². The van der Waals surface area contributed by atoms with Gasteiger partial charge in [0, 0.05) is 0 Å². The molecule has 0 radical (unpaired) electrons. The van der Waals surface area contributed by atoms with Crippen molar-refractivity contribution < 1.29 is 28.9 Å². The summed E-state index contributed by atoms with van der Waals surface area (Å²) >= 11 is 0. The van der Waals surface area contributed by atoms with E-state index in [4.69, 9.17) is 19.3 Å². The highest BCUT2D eigenvalue weighted by Crippen LogP contribution is 2.15. The van der Waals surface area contributed by atoms with E-state index in [1.165, 1.54) is 12.5 Å². The van der Waals surface area contributed by atoms with Gasteiger partial charge in [-0.2, -0.15) is 0 Å². The first-order chi connectivity index (χ1) is 10.6. The Balaban J connectivity index is 3.97. The Kier molecular flexibility index (Phi) is 12.7. The van der Waals surface area contributed by atoms with Crippen molar-refractivity contribution in [3.8, 4) is 0 Å². The quantitative estimate of drug-likeness (QED) is 0.284. The summed E-state index contributed by atoms with van der Waals surface area (Å²) in [5.41, 5.74) is 0. The number of hydrogen-bond donors (Lipinski definition) is 1. The molecule has 0 aromatic carbocycles. The molecule has 0 saturated heterocycles. The molecule has 22 heavy (non-hydrogen) atoms. The Bertz CT molecular complexity index is 340. The third-order valence-corrected chi connectivity index (χ3v) is 2.96. The first kappa shape index (κ1) is 20.0. The normalized spacial score (nSPS) is 11.3. The average Bonchev–Trinajstić information content (AvgIpc) is 2.48. The van der Waals surface area contributed by atoms with Gasteiger partial charge in [0.05, 0.1) is 44.7 Å². The van der Waals surface area contributed by atoms with Crippen molar-refractivity contribution in [1.82, 2.24) is 0 Å². The molecule has 0 aliphatic heterocycles. The van der Waals surface area contributed by atoms with Gasteiger partial charge in [-0.25, -0.2) is 0 Å². The van der Waals surface area contributed by atoms with Crippen LogP contribution in [0.1, 0.15) is 38.5 Å². The van der Waals surface area contributed by atoms with Crippen molar-refractivity contribution in [3.63, 3.8) is 0 Å². The van der Waals surface area contributed by atoms with Gasteiger partial charge in [-0.3, -0.25) is 9.59 Å². The topological polar surface area (TPSA) is 82.1 Å². The number of ether oxygens (including phenoxy) is 3. The summed E-state index contributed by atoms with van der Waals surface area (Å²) in [4.78, 5) is 22.7. The summed E-state index contributed by atoms with van der Waals surface area (Å²) < 4.78 is 15.1. The Labute approximate surface area is 131 Å². The summed E-state index contributed by atoms with van der Waals surface area (Å²) in [5, 5.41) is 8.87. The molecule has 0 spiro atoms. The smallest absolute Gasteiger partial charge is 0.309 e. The van der Waals surface area contributed by atoms with Crippen LogP contribution in [0.25, 0.3) is 0 Å². The fourth-order valence-corrected chi connectivity index (χ4v) is 1.83. The molecule has 0 heterocycles. The van der Waals surface area contributed by atoms with E-state index in [9.17, 15) is 9.59 Å². The van der Waals surface area contributed by atoms with E-state index in [2.05, 4.69) is 13.2 Å². The number of aliphatic carboxylic acids is 1. The second-order valence-electron chi connectivity index (χ2n) is 4.74. The van der Waals surface area contributed by atoms with E-state index in [0.29, 0.717) is 32.5 Å². The molecule has 6 nitrogen and oxygen atoms in total. The van der Waals surface area contributed by atoms with Crippen LogP contribution >= 0.6 is 0 Å². The van der Waals surface area contributed by atoms with Gasteiger partial charge in [-0.1, -0.05) is 13.2 Å². The third-order valence-electron chi connectivity index (χ3n) is 2.96. The monoisotopic (exact) mass is 314 g/mol. The number of carbonyl (C=O) groups excluding carboxylic acids is 1. The summed E-state index contributed by atoms with van der Waals surface area (Å²) in [6.45, 7) is 8.18. The highest BCUT2D eigenvalue weighted by Gasteiger charge is 2.22. The van der Waals surface area contributed by atoms with E-state index >= 15 is 0 Å². The zero-order chi connectivity index (χ0) is 16.6. The molecule has 0 bridgehead atoms. The van der Waals surface area contributed by atoms with Crippen molar-refractivity contribution >= 4 is 11.9 Å².